The average Bonchev–Trinajstić information content (AvgIpc) is 3.10. The van der Waals surface area contributed by atoms with E-state index in [0.717, 1.165) is 51.1 Å². The van der Waals surface area contributed by atoms with E-state index in [4.69, 9.17) is 11.6 Å². The van der Waals surface area contributed by atoms with Crippen LogP contribution in [0.3, 0.4) is 0 Å². The van der Waals surface area contributed by atoms with Crippen LogP contribution in [-0.4, -0.2) is 51.9 Å². The van der Waals surface area contributed by atoms with E-state index in [1.54, 1.807) is 12.1 Å². The minimum Gasteiger partial charge on any atom is -0.342 e. The van der Waals surface area contributed by atoms with Gasteiger partial charge in [0.25, 0.3) is 5.91 Å². The van der Waals surface area contributed by atoms with Gasteiger partial charge in [-0.3, -0.25) is 9.59 Å². The minimum absolute atomic E-state index is 0.0585. The number of hydrogen-bond acceptors (Lipinski definition) is 3. The van der Waals surface area contributed by atoms with E-state index in [1.165, 1.54) is 19.3 Å². The quantitative estimate of drug-likeness (QED) is 0.566. The molecule has 4 nitrogen and oxygen atoms in total. The maximum atomic E-state index is 13.1. The van der Waals surface area contributed by atoms with Crippen LogP contribution in [0.1, 0.15) is 68.6 Å². The number of carbonyl (C=O) groups excluding carboxylic acids is 2. The van der Waals surface area contributed by atoms with Crippen molar-refractivity contribution >= 4 is 35.2 Å². The Labute approximate surface area is 178 Å². The lowest BCUT2D eigenvalue weighted by Crippen LogP contribution is -2.53. The zero-order valence-corrected chi connectivity index (χ0v) is 18.4. The molecule has 0 atom stereocenters. The van der Waals surface area contributed by atoms with Crippen molar-refractivity contribution in [3.05, 3.63) is 34.9 Å². The van der Waals surface area contributed by atoms with Crippen molar-refractivity contribution in [1.29, 1.82) is 0 Å². The Morgan fingerprint density at radius 3 is 2.57 bits per heavy atom. The Hall–Kier alpha value is -1.20. The molecule has 28 heavy (non-hydrogen) atoms. The number of unbranched alkanes of at least 4 members (excludes halogenated alkanes) is 4. The highest BCUT2D eigenvalue weighted by atomic mass is 35.5. The Bertz CT molecular complexity index is 689. The smallest absolute Gasteiger partial charge is 0.255 e. The second-order valence-electron chi connectivity index (χ2n) is 7.81. The molecular formula is C22H31ClN2O2S. The summed E-state index contributed by atoms with van der Waals surface area (Å²) in [5.74, 6) is 1.29. The van der Waals surface area contributed by atoms with Crippen LogP contribution in [0.4, 0.5) is 0 Å². The van der Waals surface area contributed by atoms with E-state index in [2.05, 4.69) is 6.92 Å². The van der Waals surface area contributed by atoms with Gasteiger partial charge in [-0.2, -0.15) is 0 Å². The van der Waals surface area contributed by atoms with Gasteiger partial charge < -0.3 is 9.80 Å². The summed E-state index contributed by atoms with van der Waals surface area (Å²) in [6, 6.07) is 7.20. The standard InChI is InChI=1S/C22H31ClN2O2S/c1-2-3-4-5-6-10-20(26)24-13-11-22(12-14-24)25(15-16-28-22)21(27)18-8-7-9-19(23)17-18/h7-9,17H,2-6,10-16H2,1H3. The fraction of sp³-hybridized carbons (Fsp3) is 0.636. The first kappa shape index (κ1) is 21.5. The number of thioether (sulfide) groups is 1. The van der Waals surface area contributed by atoms with E-state index >= 15 is 0 Å². The monoisotopic (exact) mass is 422 g/mol. The Morgan fingerprint density at radius 1 is 1.11 bits per heavy atom. The molecule has 2 amide bonds. The number of rotatable bonds is 7. The number of nitrogens with zero attached hydrogens (tertiary/aromatic N) is 2. The number of carbonyl (C=O) groups is 2. The van der Waals surface area contributed by atoms with Crippen molar-refractivity contribution in [2.24, 2.45) is 0 Å². The second kappa shape index (κ2) is 10.0. The van der Waals surface area contributed by atoms with Gasteiger partial charge in [0, 0.05) is 42.4 Å². The van der Waals surface area contributed by atoms with Gasteiger partial charge in [-0.25, -0.2) is 0 Å². The topological polar surface area (TPSA) is 40.6 Å². The number of piperidine rings is 1. The first-order valence-electron chi connectivity index (χ1n) is 10.5. The van der Waals surface area contributed by atoms with Crippen LogP contribution >= 0.6 is 23.4 Å². The lowest BCUT2D eigenvalue weighted by molar-refractivity contribution is -0.132. The summed E-state index contributed by atoms with van der Waals surface area (Å²) in [7, 11) is 0. The molecule has 2 saturated heterocycles. The molecule has 0 radical (unpaired) electrons. The van der Waals surface area contributed by atoms with Crippen LogP contribution < -0.4 is 0 Å². The molecule has 154 valence electrons. The molecule has 0 aromatic heterocycles. The Balaban J connectivity index is 1.54. The summed E-state index contributed by atoms with van der Waals surface area (Å²) in [4.78, 5) is 29.5. The van der Waals surface area contributed by atoms with Crippen LogP contribution in [0.15, 0.2) is 24.3 Å². The van der Waals surface area contributed by atoms with Gasteiger partial charge in [0.15, 0.2) is 0 Å². The van der Waals surface area contributed by atoms with Gasteiger partial charge in [0.05, 0.1) is 4.87 Å². The molecule has 0 saturated carbocycles. The average molecular weight is 423 g/mol. The lowest BCUT2D eigenvalue weighted by Gasteiger charge is -2.44. The third-order valence-electron chi connectivity index (χ3n) is 5.89. The molecule has 2 aliphatic heterocycles. The largest absolute Gasteiger partial charge is 0.342 e. The molecule has 1 aromatic rings. The molecule has 1 aromatic carbocycles. The number of halogens is 1. The van der Waals surface area contributed by atoms with Crippen molar-refractivity contribution in [2.45, 2.75) is 63.2 Å². The van der Waals surface area contributed by atoms with E-state index in [9.17, 15) is 9.59 Å². The zero-order valence-electron chi connectivity index (χ0n) is 16.8. The highest BCUT2D eigenvalue weighted by Gasteiger charge is 2.46. The predicted octanol–water partition coefficient (Wildman–Crippen LogP) is 5.21. The number of benzene rings is 1. The summed E-state index contributed by atoms with van der Waals surface area (Å²) >= 11 is 7.95. The van der Waals surface area contributed by atoms with E-state index in [-0.39, 0.29) is 16.7 Å². The number of hydrogen-bond donors (Lipinski definition) is 0. The summed E-state index contributed by atoms with van der Waals surface area (Å²) < 4.78 is 0. The molecule has 0 bridgehead atoms. The predicted molar refractivity (Wildman–Crippen MR) is 117 cm³/mol. The van der Waals surface area contributed by atoms with Crippen molar-refractivity contribution < 1.29 is 9.59 Å². The number of amides is 2. The summed E-state index contributed by atoms with van der Waals surface area (Å²) in [5.41, 5.74) is 0.653. The molecule has 0 N–H and O–H groups in total. The third-order valence-corrected chi connectivity index (χ3v) is 7.67. The third kappa shape index (κ3) is 5.04. The van der Waals surface area contributed by atoms with Gasteiger partial charge in [-0.15, -0.1) is 11.8 Å². The highest BCUT2D eigenvalue weighted by molar-refractivity contribution is 8.00. The maximum absolute atomic E-state index is 13.1. The fourth-order valence-corrected chi connectivity index (χ4v) is 5.88. The number of likely N-dealkylation sites (tertiary alicyclic amines) is 1. The van der Waals surface area contributed by atoms with Crippen LogP contribution in [0.5, 0.6) is 0 Å². The lowest BCUT2D eigenvalue weighted by atomic mass is 10.00. The summed E-state index contributed by atoms with van der Waals surface area (Å²) in [6.07, 6.45) is 8.22. The van der Waals surface area contributed by atoms with Crippen LogP contribution in [0.25, 0.3) is 0 Å². The minimum atomic E-state index is -0.169. The van der Waals surface area contributed by atoms with Crippen molar-refractivity contribution in [2.75, 3.05) is 25.4 Å². The van der Waals surface area contributed by atoms with Crippen LogP contribution in [0, 0.1) is 0 Å². The van der Waals surface area contributed by atoms with Crippen molar-refractivity contribution in [1.82, 2.24) is 9.80 Å². The SMILES string of the molecule is CCCCCCCC(=O)N1CCC2(CC1)SCCN2C(=O)c1cccc(Cl)c1. The van der Waals surface area contributed by atoms with Crippen molar-refractivity contribution in [3.8, 4) is 0 Å². The van der Waals surface area contributed by atoms with Crippen LogP contribution in [-0.2, 0) is 4.79 Å². The first-order chi connectivity index (χ1) is 13.6. The van der Waals surface area contributed by atoms with E-state index in [1.807, 2.05) is 33.7 Å². The van der Waals surface area contributed by atoms with Crippen molar-refractivity contribution in [3.63, 3.8) is 0 Å². The molecular weight excluding hydrogens is 392 g/mol. The maximum Gasteiger partial charge on any atom is 0.255 e. The van der Waals surface area contributed by atoms with Gasteiger partial charge in [-0.1, -0.05) is 50.3 Å². The molecule has 1 spiro atoms. The van der Waals surface area contributed by atoms with E-state index < -0.39 is 0 Å². The molecule has 2 fully saturated rings. The molecule has 2 heterocycles. The molecule has 3 rings (SSSR count). The molecule has 2 aliphatic rings. The van der Waals surface area contributed by atoms with Gasteiger partial charge in [0.1, 0.15) is 0 Å². The normalized spacial score (nSPS) is 18.6. The molecule has 0 aliphatic carbocycles. The second-order valence-corrected chi connectivity index (χ2v) is 9.70. The van der Waals surface area contributed by atoms with Gasteiger partial charge in [-0.05, 0) is 37.5 Å². The first-order valence-corrected chi connectivity index (χ1v) is 11.9. The summed E-state index contributed by atoms with van der Waals surface area (Å²) in [5, 5.41) is 0.589. The Kier molecular flexibility index (Phi) is 7.69. The molecule has 0 unspecified atom stereocenters. The molecule has 6 heteroatoms. The van der Waals surface area contributed by atoms with Gasteiger partial charge in [0.2, 0.25) is 5.91 Å². The fourth-order valence-electron chi connectivity index (χ4n) is 4.23. The summed E-state index contributed by atoms with van der Waals surface area (Å²) in [6.45, 7) is 4.47. The van der Waals surface area contributed by atoms with Crippen LogP contribution in [0.2, 0.25) is 5.02 Å². The zero-order chi connectivity index (χ0) is 20.0. The van der Waals surface area contributed by atoms with Gasteiger partial charge >= 0.3 is 0 Å². The van der Waals surface area contributed by atoms with E-state index in [0.29, 0.717) is 17.0 Å². The highest BCUT2D eigenvalue weighted by Crippen LogP contribution is 2.44. The Morgan fingerprint density at radius 2 is 1.86 bits per heavy atom.